The van der Waals surface area contributed by atoms with Gasteiger partial charge < -0.3 is 15.5 Å². The summed E-state index contributed by atoms with van der Waals surface area (Å²) in [4.78, 5) is 26.9. The molecule has 0 saturated carbocycles. The van der Waals surface area contributed by atoms with Crippen LogP contribution in [-0.4, -0.2) is 25.9 Å². The first-order valence-corrected chi connectivity index (χ1v) is 10.3. The van der Waals surface area contributed by atoms with Gasteiger partial charge in [0.05, 0.1) is 11.4 Å². The Kier molecular flexibility index (Phi) is 5.85. The van der Waals surface area contributed by atoms with Crippen molar-refractivity contribution >= 4 is 28.8 Å². The number of likely N-dealkylation sites (N-methyl/N-ethyl adjacent to an activating group) is 1. The standard InChI is InChI=1S/C26H25N3O2/c1-27-25(30)20-15-13-19(14-16-20)21(17-12-18-8-4-3-5-9-18)24-26(31)29(2)23-11-7-6-10-22(23)28-24/h3-11,13-16,28H,12,17H2,1-2H3,(H,27,30). The highest BCUT2D eigenvalue weighted by atomic mass is 16.2. The smallest absolute Gasteiger partial charge is 0.274 e. The average Bonchev–Trinajstić information content (AvgIpc) is 2.82. The zero-order valence-electron chi connectivity index (χ0n) is 17.7. The fourth-order valence-electron chi connectivity index (χ4n) is 3.84. The molecule has 0 spiro atoms. The molecular weight excluding hydrogens is 386 g/mol. The normalized spacial score (nSPS) is 14.5. The summed E-state index contributed by atoms with van der Waals surface area (Å²) in [5, 5.41) is 6.01. The number of aryl methyl sites for hydroxylation is 1. The molecule has 0 atom stereocenters. The Labute approximate surface area is 182 Å². The van der Waals surface area contributed by atoms with Gasteiger partial charge in [-0.3, -0.25) is 9.59 Å². The highest BCUT2D eigenvalue weighted by Crippen LogP contribution is 2.35. The third-order valence-electron chi connectivity index (χ3n) is 5.57. The van der Waals surface area contributed by atoms with Crippen LogP contribution in [-0.2, 0) is 11.2 Å². The molecule has 1 aliphatic rings. The number of para-hydroxylation sites is 2. The quantitative estimate of drug-likeness (QED) is 0.609. The topological polar surface area (TPSA) is 61.4 Å². The number of amides is 2. The predicted molar refractivity (Wildman–Crippen MR) is 125 cm³/mol. The van der Waals surface area contributed by atoms with Crippen LogP contribution >= 0.6 is 0 Å². The fraction of sp³-hybridized carbons (Fsp3) is 0.154. The highest BCUT2D eigenvalue weighted by molar-refractivity contribution is 6.16. The van der Waals surface area contributed by atoms with E-state index in [9.17, 15) is 9.59 Å². The van der Waals surface area contributed by atoms with Crippen molar-refractivity contribution in [2.45, 2.75) is 12.8 Å². The van der Waals surface area contributed by atoms with Crippen LogP contribution in [0.2, 0.25) is 0 Å². The second-order valence-electron chi connectivity index (χ2n) is 7.50. The lowest BCUT2D eigenvalue weighted by atomic mass is 9.94. The molecule has 5 nitrogen and oxygen atoms in total. The number of carbonyl (C=O) groups excluding carboxylic acids is 2. The van der Waals surface area contributed by atoms with E-state index in [1.807, 2.05) is 54.6 Å². The summed E-state index contributed by atoms with van der Waals surface area (Å²) in [7, 11) is 3.41. The third kappa shape index (κ3) is 4.21. The molecule has 0 radical (unpaired) electrons. The molecule has 0 aromatic heterocycles. The maximum atomic E-state index is 13.3. The molecule has 2 N–H and O–H groups in total. The number of hydrogen-bond acceptors (Lipinski definition) is 3. The zero-order valence-corrected chi connectivity index (χ0v) is 17.7. The molecule has 0 saturated heterocycles. The van der Waals surface area contributed by atoms with Gasteiger partial charge in [-0.05, 0) is 53.8 Å². The van der Waals surface area contributed by atoms with Crippen molar-refractivity contribution in [1.82, 2.24) is 5.32 Å². The molecule has 0 bridgehead atoms. The first-order chi connectivity index (χ1) is 15.1. The number of nitrogens with zero attached hydrogens (tertiary/aromatic N) is 1. The SMILES string of the molecule is CNC(=O)c1ccc(C(CCc2ccccc2)=C2Nc3ccccc3N(C)C2=O)cc1. The number of hydrogen-bond donors (Lipinski definition) is 2. The summed E-state index contributed by atoms with van der Waals surface area (Å²) in [6.45, 7) is 0. The first kappa shape index (κ1) is 20.4. The Morgan fingerprint density at radius 2 is 1.55 bits per heavy atom. The van der Waals surface area contributed by atoms with Gasteiger partial charge in [0, 0.05) is 19.7 Å². The van der Waals surface area contributed by atoms with E-state index in [0.29, 0.717) is 17.7 Å². The molecule has 2 amide bonds. The summed E-state index contributed by atoms with van der Waals surface area (Å²) in [6, 6.07) is 25.4. The van der Waals surface area contributed by atoms with E-state index < -0.39 is 0 Å². The van der Waals surface area contributed by atoms with E-state index in [0.717, 1.165) is 28.9 Å². The number of rotatable bonds is 5. The minimum absolute atomic E-state index is 0.0721. The van der Waals surface area contributed by atoms with E-state index >= 15 is 0 Å². The predicted octanol–water partition coefficient (Wildman–Crippen LogP) is 4.48. The van der Waals surface area contributed by atoms with E-state index in [-0.39, 0.29) is 11.8 Å². The van der Waals surface area contributed by atoms with Crippen LogP contribution in [0.4, 0.5) is 11.4 Å². The largest absolute Gasteiger partial charge is 0.355 e. The van der Waals surface area contributed by atoms with Gasteiger partial charge in [0.15, 0.2) is 0 Å². The van der Waals surface area contributed by atoms with E-state index in [1.165, 1.54) is 5.56 Å². The van der Waals surface area contributed by atoms with Gasteiger partial charge in [-0.15, -0.1) is 0 Å². The number of anilines is 2. The van der Waals surface area contributed by atoms with Gasteiger partial charge in [-0.25, -0.2) is 0 Å². The highest BCUT2D eigenvalue weighted by Gasteiger charge is 2.28. The van der Waals surface area contributed by atoms with Crippen molar-refractivity contribution in [3.63, 3.8) is 0 Å². The number of allylic oxidation sites excluding steroid dienone is 1. The lowest BCUT2D eigenvalue weighted by molar-refractivity contribution is -0.114. The molecule has 0 fully saturated rings. The van der Waals surface area contributed by atoms with E-state index in [4.69, 9.17) is 0 Å². The van der Waals surface area contributed by atoms with Crippen molar-refractivity contribution in [2.24, 2.45) is 0 Å². The van der Waals surface area contributed by atoms with Gasteiger partial charge in [0.1, 0.15) is 5.70 Å². The van der Waals surface area contributed by atoms with Gasteiger partial charge in [0.25, 0.3) is 11.8 Å². The Hall–Kier alpha value is -3.86. The van der Waals surface area contributed by atoms with Gasteiger partial charge >= 0.3 is 0 Å². The van der Waals surface area contributed by atoms with Crippen molar-refractivity contribution in [3.05, 3.63) is 101 Å². The molecule has 0 aliphatic carbocycles. The Balaban J connectivity index is 1.76. The van der Waals surface area contributed by atoms with Crippen molar-refractivity contribution in [1.29, 1.82) is 0 Å². The molecule has 0 unspecified atom stereocenters. The van der Waals surface area contributed by atoms with Crippen molar-refractivity contribution in [3.8, 4) is 0 Å². The second-order valence-corrected chi connectivity index (χ2v) is 7.50. The lowest BCUT2D eigenvalue weighted by Gasteiger charge is -2.30. The lowest BCUT2D eigenvalue weighted by Crippen LogP contribution is -2.36. The van der Waals surface area contributed by atoms with Crippen LogP contribution in [0.25, 0.3) is 5.57 Å². The monoisotopic (exact) mass is 411 g/mol. The van der Waals surface area contributed by atoms with Crippen LogP contribution in [0, 0.1) is 0 Å². The summed E-state index contributed by atoms with van der Waals surface area (Å²) >= 11 is 0. The van der Waals surface area contributed by atoms with Crippen molar-refractivity contribution < 1.29 is 9.59 Å². The number of carbonyl (C=O) groups is 2. The molecule has 31 heavy (non-hydrogen) atoms. The molecule has 1 heterocycles. The first-order valence-electron chi connectivity index (χ1n) is 10.3. The van der Waals surface area contributed by atoms with Crippen LogP contribution < -0.4 is 15.5 Å². The minimum Gasteiger partial charge on any atom is -0.355 e. The Morgan fingerprint density at radius 3 is 2.26 bits per heavy atom. The second kappa shape index (κ2) is 8.88. The molecule has 3 aromatic carbocycles. The molecule has 1 aliphatic heterocycles. The van der Waals surface area contributed by atoms with Crippen LogP contribution in [0.1, 0.15) is 27.9 Å². The van der Waals surface area contributed by atoms with Gasteiger partial charge in [0.2, 0.25) is 0 Å². The van der Waals surface area contributed by atoms with Gasteiger partial charge in [-0.1, -0.05) is 54.6 Å². The summed E-state index contributed by atoms with van der Waals surface area (Å²) in [5.74, 6) is -0.206. The summed E-state index contributed by atoms with van der Waals surface area (Å²) in [5.41, 5.74) is 5.98. The molecule has 5 heteroatoms. The van der Waals surface area contributed by atoms with E-state index in [2.05, 4.69) is 22.8 Å². The van der Waals surface area contributed by atoms with Gasteiger partial charge in [-0.2, -0.15) is 0 Å². The Morgan fingerprint density at radius 1 is 0.903 bits per heavy atom. The zero-order chi connectivity index (χ0) is 21.8. The fourth-order valence-corrected chi connectivity index (χ4v) is 3.84. The maximum absolute atomic E-state index is 13.3. The summed E-state index contributed by atoms with van der Waals surface area (Å²) < 4.78 is 0. The average molecular weight is 412 g/mol. The number of benzene rings is 3. The van der Waals surface area contributed by atoms with Crippen LogP contribution in [0.5, 0.6) is 0 Å². The number of nitrogens with one attached hydrogen (secondary N) is 2. The van der Waals surface area contributed by atoms with E-state index in [1.54, 1.807) is 31.1 Å². The maximum Gasteiger partial charge on any atom is 0.274 e. The minimum atomic E-state index is -0.134. The molecule has 156 valence electrons. The van der Waals surface area contributed by atoms with Crippen molar-refractivity contribution in [2.75, 3.05) is 24.3 Å². The molecule has 3 aromatic rings. The third-order valence-corrected chi connectivity index (χ3v) is 5.57. The molecular formula is C26H25N3O2. The number of fused-ring (bicyclic) bond motifs is 1. The van der Waals surface area contributed by atoms with Crippen LogP contribution in [0.3, 0.4) is 0 Å². The van der Waals surface area contributed by atoms with Crippen LogP contribution in [0.15, 0.2) is 84.6 Å². The Bertz CT molecular complexity index is 1130. The molecule has 4 rings (SSSR count). The summed E-state index contributed by atoms with van der Waals surface area (Å²) in [6.07, 6.45) is 1.49.